The molecule has 1 aliphatic rings. The first-order valence-corrected chi connectivity index (χ1v) is 8.86. The van der Waals surface area contributed by atoms with Gasteiger partial charge in [-0.3, -0.25) is 0 Å². The van der Waals surface area contributed by atoms with Gasteiger partial charge in [-0.25, -0.2) is 18.7 Å². The first-order valence-electron chi connectivity index (χ1n) is 8.86. The molecule has 29 heavy (non-hydrogen) atoms. The van der Waals surface area contributed by atoms with Crippen LogP contribution < -0.4 is 10.6 Å². The van der Waals surface area contributed by atoms with E-state index in [1.807, 2.05) is 6.92 Å². The van der Waals surface area contributed by atoms with Crippen LogP contribution in [0.1, 0.15) is 25.3 Å². The van der Waals surface area contributed by atoms with Crippen molar-refractivity contribution in [3.63, 3.8) is 0 Å². The molecular formula is C18H17F5N6. The molecule has 1 fully saturated rings. The van der Waals surface area contributed by atoms with Gasteiger partial charge in [0.05, 0.1) is 12.2 Å². The number of fused-ring (bicyclic) bond motifs is 1. The van der Waals surface area contributed by atoms with Gasteiger partial charge in [-0.15, -0.1) is 0 Å². The summed E-state index contributed by atoms with van der Waals surface area (Å²) in [5.74, 6) is -0.394. The van der Waals surface area contributed by atoms with Gasteiger partial charge in [-0.05, 0) is 31.9 Å². The summed E-state index contributed by atoms with van der Waals surface area (Å²) in [4.78, 5) is 11.9. The lowest BCUT2D eigenvalue weighted by Crippen LogP contribution is -2.21. The molecule has 1 saturated carbocycles. The number of pyridine rings is 1. The lowest BCUT2D eigenvalue weighted by molar-refractivity contribution is -0.137. The number of hydrogen-bond donors (Lipinski definition) is 2. The van der Waals surface area contributed by atoms with Gasteiger partial charge < -0.3 is 15.2 Å². The number of anilines is 3. The van der Waals surface area contributed by atoms with Gasteiger partial charge in [0.2, 0.25) is 5.95 Å². The van der Waals surface area contributed by atoms with Crippen molar-refractivity contribution in [2.75, 3.05) is 10.6 Å². The smallest absolute Gasteiger partial charge is 0.364 e. The highest BCUT2D eigenvalue weighted by Crippen LogP contribution is 2.41. The van der Waals surface area contributed by atoms with E-state index in [0.717, 1.165) is 12.8 Å². The number of rotatable bonds is 6. The molecule has 3 aromatic heterocycles. The first-order chi connectivity index (χ1) is 13.6. The Balaban J connectivity index is 1.70. The summed E-state index contributed by atoms with van der Waals surface area (Å²) in [5, 5.41) is 6.19. The predicted octanol–water partition coefficient (Wildman–Crippen LogP) is 4.82. The van der Waals surface area contributed by atoms with Crippen LogP contribution in [0.5, 0.6) is 0 Å². The number of alkyl halides is 5. The summed E-state index contributed by atoms with van der Waals surface area (Å²) in [6, 6.07) is 3.30. The van der Waals surface area contributed by atoms with E-state index in [1.165, 1.54) is 17.0 Å². The van der Waals surface area contributed by atoms with Crippen LogP contribution in [0, 0.1) is 0 Å². The molecule has 154 valence electrons. The van der Waals surface area contributed by atoms with E-state index < -0.39 is 30.2 Å². The number of halogens is 5. The van der Waals surface area contributed by atoms with E-state index >= 15 is 0 Å². The average molecular weight is 412 g/mol. The lowest BCUT2D eigenvalue weighted by Gasteiger charge is -2.18. The topological polar surface area (TPSA) is 67.7 Å². The fourth-order valence-electron chi connectivity index (χ4n) is 2.97. The number of hydrogen-bond acceptors (Lipinski definition) is 5. The fraction of sp³-hybridized carbons (Fsp3) is 0.389. The molecule has 2 N–H and O–H groups in total. The van der Waals surface area contributed by atoms with Crippen LogP contribution in [0.15, 0.2) is 30.7 Å². The second-order valence-corrected chi connectivity index (χ2v) is 7.23. The van der Waals surface area contributed by atoms with Crippen LogP contribution in [-0.2, 0) is 12.7 Å². The fourth-order valence-corrected chi connectivity index (χ4v) is 2.97. The highest BCUT2D eigenvalue weighted by atomic mass is 19.4. The van der Waals surface area contributed by atoms with Crippen molar-refractivity contribution in [2.45, 2.75) is 44.5 Å². The minimum atomic E-state index is -4.61. The largest absolute Gasteiger partial charge is 0.421 e. The minimum absolute atomic E-state index is 0.0790. The number of nitrogens with one attached hydrogen (secondary N) is 2. The zero-order valence-electron chi connectivity index (χ0n) is 15.3. The van der Waals surface area contributed by atoms with Gasteiger partial charge >= 0.3 is 6.18 Å². The summed E-state index contributed by atoms with van der Waals surface area (Å²) in [6.45, 7) is 1.25. The maximum atomic E-state index is 13.3. The minimum Gasteiger partial charge on any atom is -0.364 e. The molecule has 0 aromatic carbocycles. The van der Waals surface area contributed by atoms with Crippen molar-refractivity contribution in [1.29, 1.82) is 0 Å². The third-order valence-electron chi connectivity index (χ3n) is 4.73. The van der Waals surface area contributed by atoms with Gasteiger partial charge in [0.1, 0.15) is 17.0 Å². The van der Waals surface area contributed by atoms with E-state index in [2.05, 4.69) is 25.6 Å². The standard InChI is InChI=1S/C18H17F5N6/c1-17(4-5-17)28-14-11(18(21,22)23)7-25-16(27-14)26-12-8-29(9-13(19)20)15-10(12)3-2-6-24-15/h2-3,6-8,13H,4-5,9H2,1H3,(H2,25,26,27,28). The van der Waals surface area contributed by atoms with E-state index in [-0.39, 0.29) is 11.8 Å². The van der Waals surface area contributed by atoms with Gasteiger partial charge in [0, 0.05) is 29.5 Å². The van der Waals surface area contributed by atoms with E-state index in [4.69, 9.17) is 0 Å². The molecule has 6 nitrogen and oxygen atoms in total. The molecule has 3 aromatic rings. The highest BCUT2D eigenvalue weighted by molar-refractivity contribution is 5.91. The quantitative estimate of drug-likeness (QED) is 0.569. The van der Waals surface area contributed by atoms with Gasteiger partial charge in [-0.1, -0.05) is 0 Å². The normalized spacial score (nSPS) is 15.7. The Morgan fingerprint density at radius 1 is 1.24 bits per heavy atom. The van der Waals surface area contributed by atoms with Crippen molar-refractivity contribution in [3.05, 3.63) is 36.3 Å². The van der Waals surface area contributed by atoms with E-state index in [1.54, 1.807) is 12.1 Å². The van der Waals surface area contributed by atoms with Gasteiger partial charge in [0.15, 0.2) is 0 Å². The van der Waals surface area contributed by atoms with Crippen LogP contribution in [-0.4, -0.2) is 31.5 Å². The Morgan fingerprint density at radius 2 is 2.00 bits per heavy atom. The summed E-state index contributed by atoms with van der Waals surface area (Å²) < 4.78 is 66.9. The maximum absolute atomic E-state index is 13.3. The Labute approximate surface area is 162 Å². The molecule has 0 atom stereocenters. The van der Waals surface area contributed by atoms with Crippen molar-refractivity contribution in [2.24, 2.45) is 0 Å². The molecule has 0 unspecified atom stereocenters. The number of nitrogens with zero attached hydrogens (tertiary/aromatic N) is 4. The van der Waals surface area contributed by atoms with Crippen molar-refractivity contribution < 1.29 is 22.0 Å². The third-order valence-corrected chi connectivity index (χ3v) is 4.73. The number of aromatic nitrogens is 4. The van der Waals surface area contributed by atoms with Crippen molar-refractivity contribution >= 4 is 28.5 Å². The molecule has 11 heteroatoms. The molecule has 0 aliphatic heterocycles. The molecule has 0 spiro atoms. The van der Waals surface area contributed by atoms with Crippen molar-refractivity contribution in [1.82, 2.24) is 19.5 Å². The summed E-state index contributed by atoms with van der Waals surface area (Å²) in [7, 11) is 0. The second-order valence-electron chi connectivity index (χ2n) is 7.23. The summed E-state index contributed by atoms with van der Waals surface area (Å²) in [6.07, 6.45) is -2.11. The zero-order valence-corrected chi connectivity index (χ0v) is 15.3. The van der Waals surface area contributed by atoms with Crippen LogP contribution in [0.3, 0.4) is 0 Å². The monoisotopic (exact) mass is 412 g/mol. The Morgan fingerprint density at radius 3 is 2.66 bits per heavy atom. The molecule has 3 heterocycles. The molecule has 1 aliphatic carbocycles. The second kappa shape index (κ2) is 6.82. The SMILES string of the molecule is CC1(Nc2nc(Nc3cn(CC(F)F)c4ncccc34)ncc2C(F)(F)F)CC1. The lowest BCUT2D eigenvalue weighted by atomic mass is 10.2. The van der Waals surface area contributed by atoms with E-state index in [0.29, 0.717) is 22.9 Å². The van der Waals surface area contributed by atoms with Crippen molar-refractivity contribution in [3.8, 4) is 0 Å². The summed E-state index contributed by atoms with van der Waals surface area (Å²) in [5.41, 5.74) is -0.691. The Hall–Kier alpha value is -2.98. The van der Waals surface area contributed by atoms with Gasteiger partial charge in [-0.2, -0.15) is 18.2 Å². The van der Waals surface area contributed by atoms with Crippen LogP contribution in [0.2, 0.25) is 0 Å². The maximum Gasteiger partial charge on any atom is 0.421 e. The molecule has 4 rings (SSSR count). The zero-order chi connectivity index (χ0) is 20.8. The van der Waals surface area contributed by atoms with Crippen LogP contribution >= 0.6 is 0 Å². The highest BCUT2D eigenvalue weighted by Gasteiger charge is 2.42. The van der Waals surface area contributed by atoms with E-state index in [9.17, 15) is 22.0 Å². The molecule has 0 bridgehead atoms. The molecule has 0 saturated heterocycles. The van der Waals surface area contributed by atoms with Crippen LogP contribution in [0.4, 0.5) is 39.4 Å². The molecule has 0 amide bonds. The molecular weight excluding hydrogens is 395 g/mol. The average Bonchev–Trinajstić information content (AvgIpc) is 3.26. The van der Waals surface area contributed by atoms with Gasteiger partial charge in [0.25, 0.3) is 6.43 Å². The third kappa shape index (κ3) is 4.08. The molecule has 0 radical (unpaired) electrons. The predicted molar refractivity (Wildman–Crippen MR) is 97.3 cm³/mol. The first kappa shape index (κ1) is 19.3. The Kier molecular flexibility index (Phi) is 4.55. The van der Waals surface area contributed by atoms with Crippen LogP contribution in [0.25, 0.3) is 11.0 Å². The summed E-state index contributed by atoms with van der Waals surface area (Å²) >= 11 is 0. The Bertz CT molecular complexity index is 1040.